The zero-order chi connectivity index (χ0) is 22.7. The van der Waals surface area contributed by atoms with Crippen molar-refractivity contribution in [2.24, 2.45) is 0 Å². The Morgan fingerprint density at radius 2 is 1.62 bits per heavy atom. The summed E-state index contributed by atoms with van der Waals surface area (Å²) in [5.41, 5.74) is 5.94. The molecule has 164 valence electrons. The zero-order valence-electron chi connectivity index (χ0n) is 19.3. The van der Waals surface area contributed by atoms with Crippen LogP contribution in [0.3, 0.4) is 0 Å². The zero-order valence-corrected chi connectivity index (χ0v) is 20.1. The smallest absolute Gasteiger partial charge is 0.196 e. The molecule has 1 aromatic heterocycles. The van der Waals surface area contributed by atoms with E-state index in [1.165, 1.54) is 16.7 Å². The van der Waals surface area contributed by atoms with Crippen LogP contribution in [0.25, 0.3) is 17.1 Å². The molecule has 5 heteroatoms. The first-order valence-corrected chi connectivity index (χ1v) is 11.7. The molecule has 0 spiro atoms. The van der Waals surface area contributed by atoms with Crippen molar-refractivity contribution < 1.29 is 4.74 Å². The van der Waals surface area contributed by atoms with Crippen molar-refractivity contribution in [1.29, 1.82) is 0 Å². The van der Waals surface area contributed by atoms with Gasteiger partial charge in [-0.2, -0.15) is 0 Å². The molecule has 0 N–H and O–H groups in total. The van der Waals surface area contributed by atoms with E-state index in [1.54, 1.807) is 18.9 Å². The van der Waals surface area contributed by atoms with Gasteiger partial charge in [-0.15, -0.1) is 10.2 Å². The summed E-state index contributed by atoms with van der Waals surface area (Å²) < 4.78 is 7.51. The van der Waals surface area contributed by atoms with Gasteiger partial charge < -0.3 is 4.74 Å². The van der Waals surface area contributed by atoms with E-state index in [0.29, 0.717) is 0 Å². The highest BCUT2D eigenvalue weighted by Gasteiger charge is 2.18. The Labute approximate surface area is 194 Å². The van der Waals surface area contributed by atoms with Gasteiger partial charge in [-0.1, -0.05) is 86.6 Å². The molecule has 0 aliphatic heterocycles. The van der Waals surface area contributed by atoms with Gasteiger partial charge >= 0.3 is 0 Å². The molecule has 0 aliphatic rings. The number of aromatic nitrogens is 3. The largest absolute Gasteiger partial charge is 0.497 e. The normalized spacial score (nSPS) is 11.5. The van der Waals surface area contributed by atoms with Crippen molar-refractivity contribution in [3.05, 3.63) is 89.5 Å². The van der Waals surface area contributed by atoms with Crippen LogP contribution in [0.2, 0.25) is 0 Å². The van der Waals surface area contributed by atoms with Gasteiger partial charge in [0.05, 0.1) is 7.11 Å². The number of methoxy groups -OCH3 is 1. The maximum Gasteiger partial charge on any atom is 0.196 e. The third-order valence-electron chi connectivity index (χ3n) is 5.44. The van der Waals surface area contributed by atoms with E-state index in [0.717, 1.165) is 33.7 Å². The van der Waals surface area contributed by atoms with Crippen molar-refractivity contribution in [3.8, 4) is 22.8 Å². The van der Waals surface area contributed by atoms with Gasteiger partial charge in [0, 0.05) is 17.0 Å². The van der Waals surface area contributed by atoms with E-state index in [-0.39, 0.29) is 5.41 Å². The molecule has 0 saturated heterocycles. The monoisotopic (exact) mass is 443 g/mol. The first-order chi connectivity index (χ1) is 15.3. The molecule has 1 heterocycles. The van der Waals surface area contributed by atoms with Crippen molar-refractivity contribution in [2.45, 2.75) is 44.0 Å². The number of ether oxygens (including phenoxy) is 1. The van der Waals surface area contributed by atoms with E-state index in [1.807, 2.05) is 12.1 Å². The number of rotatable bonds is 6. The van der Waals surface area contributed by atoms with Crippen LogP contribution in [-0.4, -0.2) is 21.9 Å². The number of hydrogen-bond donors (Lipinski definition) is 0. The lowest BCUT2D eigenvalue weighted by Gasteiger charge is -2.19. The van der Waals surface area contributed by atoms with Crippen LogP contribution in [0.5, 0.6) is 5.75 Å². The highest BCUT2D eigenvalue weighted by atomic mass is 32.2. The van der Waals surface area contributed by atoms with Crippen LogP contribution in [-0.2, 0) is 11.2 Å². The van der Waals surface area contributed by atoms with E-state index >= 15 is 0 Å². The second kappa shape index (κ2) is 9.21. The van der Waals surface area contributed by atoms with Crippen LogP contribution < -0.4 is 4.74 Å². The molecule has 32 heavy (non-hydrogen) atoms. The Bertz CT molecular complexity index is 1190. The topological polar surface area (TPSA) is 39.9 Å². The Balaban J connectivity index is 1.71. The molecule has 0 bridgehead atoms. The molecule has 0 radical (unpaired) electrons. The summed E-state index contributed by atoms with van der Waals surface area (Å²) >= 11 is 1.68. The predicted octanol–water partition coefficient (Wildman–Crippen LogP) is 6.84. The third kappa shape index (κ3) is 4.89. The Morgan fingerprint density at radius 3 is 2.28 bits per heavy atom. The molecular formula is C27H29N3OS. The second-order valence-electron chi connectivity index (χ2n) is 8.94. The maximum absolute atomic E-state index is 5.36. The van der Waals surface area contributed by atoms with Gasteiger partial charge in [0.15, 0.2) is 11.0 Å². The van der Waals surface area contributed by atoms with Crippen LogP contribution >= 0.6 is 11.8 Å². The Kier molecular flexibility index (Phi) is 6.38. The molecule has 3 aromatic carbocycles. The molecule has 4 rings (SSSR count). The minimum atomic E-state index is 0.112. The number of benzene rings is 3. The summed E-state index contributed by atoms with van der Waals surface area (Å²) in [6.45, 7) is 8.78. The lowest BCUT2D eigenvalue weighted by molar-refractivity contribution is 0.414. The van der Waals surface area contributed by atoms with Crippen LogP contribution in [0.4, 0.5) is 0 Å². The number of thioether (sulfide) groups is 1. The fraction of sp³-hybridized carbons (Fsp3) is 0.259. The first-order valence-electron chi connectivity index (χ1n) is 10.7. The highest BCUT2D eigenvalue weighted by molar-refractivity contribution is 7.98. The van der Waals surface area contributed by atoms with Gasteiger partial charge in [0.25, 0.3) is 0 Å². The van der Waals surface area contributed by atoms with Gasteiger partial charge in [-0.05, 0) is 47.7 Å². The molecule has 0 aliphatic carbocycles. The van der Waals surface area contributed by atoms with Gasteiger partial charge in [0.1, 0.15) is 5.75 Å². The van der Waals surface area contributed by atoms with Gasteiger partial charge in [-0.3, -0.25) is 4.57 Å². The molecule has 0 saturated carbocycles. The first kappa shape index (κ1) is 22.2. The quantitative estimate of drug-likeness (QED) is 0.306. The van der Waals surface area contributed by atoms with Crippen molar-refractivity contribution in [2.75, 3.05) is 7.11 Å². The lowest BCUT2D eigenvalue weighted by Crippen LogP contribution is -2.10. The van der Waals surface area contributed by atoms with Crippen LogP contribution in [0, 0.1) is 6.92 Å². The van der Waals surface area contributed by atoms with Crippen molar-refractivity contribution in [3.63, 3.8) is 0 Å². The number of nitrogens with zero attached hydrogens (tertiary/aromatic N) is 3. The lowest BCUT2D eigenvalue weighted by atomic mass is 9.87. The summed E-state index contributed by atoms with van der Waals surface area (Å²) in [6, 6.07) is 25.3. The van der Waals surface area contributed by atoms with E-state index in [2.05, 4.69) is 103 Å². The van der Waals surface area contributed by atoms with E-state index < -0.39 is 0 Å². The standard InChI is InChI=1S/C27H29N3OS/c1-19-9-15-23(16-10-19)30-25(21-11-13-22(14-12-21)27(2,3)4)28-29-26(30)32-18-20-7-6-8-24(17-20)31-5/h6-17H,18H2,1-5H3. The fourth-order valence-corrected chi connectivity index (χ4v) is 4.40. The SMILES string of the molecule is COc1cccc(CSc2nnc(-c3ccc(C(C)(C)C)cc3)n2-c2ccc(C)cc2)c1. The Morgan fingerprint density at radius 1 is 0.906 bits per heavy atom. The second-order valence-corrected chi connectivity index (χ2v) is 9.89. The molecule has 4 aromatic rings. The highest BCUT2D eigenvalue weighted by Crippen LogP contribution is 2.32. The summed E-state index contributed by atoms with van der Waals surface area (Å²) in [5.74, 6) is 2.50. The summed E-state index contributed by atoms with van der Waals surface area (Å²) in [4.78, 5) is 0. The minimum absolute atomic E-state index is 0.112. The minimum Gasteiger partial charge on any atom is -0.497 e. The molecular weight excluding hydrogens is 414 g/mol. The van der Waals surface area contributed by atoms with Crippen LogP contribution in [0.15, 0.2) is 78.0 Å². The summed E-state index contributed by atoms with van der Waals surface area (Å²) in [7, 11) is 1.69. The Hall–Kier alpha value is -3.05. The molecule has 0 atom stereocenters. The number of aryl methyl sites for hydroxylation is 1. The predicted molar refractivity (Wildman–Crippen MR) is 133 cm³/mol. The van der Waals surface area contributed by atoms with E-state index in [9.17, 15) is 0 Å². The molecule has 4 nitrogen and oxygen atoms in total. The maximum atomic E-state index is 5.36. The van der Waals surface area contributed by atoms with Gasteiger partial charge in [-0.25, -0.2) is 0 Å². The number of hydrogen-bond acceptors (Lipinski definition) is 4. The average molecular weight is 444 g/mol. The summed E-state index contributed by atoms with van der Waals surface area (Å²) in [6.07, 6.45) is 0. The van der Waals surface area contributed by atoms with Crippen LogP contribution in [0.1, 0.15) is 37.5 Å². The molecule has 0 unspecified atom stereocenters. The molecule has 0 amide bonds. The van der Waals surface area contributed by atoms with Crippen molar-refractivity contribution in [1.82, 2.24) is 14.8 Å². The van der Waals surface area contributed by atoms with Gasteiger partial charge in [0.2, 0.25) is 0 Å². The van der Waals surface area contributed by atoms with Crippen molar-refractivity contribution >= 4 is 11.8 Å². The molecule has 0 fully saturated rings. The van der Waals surface area contributed by atoms with E-state index in [4.69, 9.17) is 4.74 Å². The fourth-order valence-electron chi connectivity index (χ4n) is 3.51. The average Bonchev–Trinajstić information content (AvgIpc) is 3.22. The third-order valence-corrected chi connectivity index (χ3v) is 6.44. The summed E-state index contributed by atoms with van der Waals surface area (Å²) in [5, 5.41) is 10.0.